The van der Waals surface area contributed by atoms with E-state index in [2.05, 4.69) is 19.2 Å². The molecule has 0 spiro atoms. The van der Waals surface area contributed by atoms with Gasteiger partial charge < -0.3 is 15.8 Å². The second kappa shape index (κ2) is 7.29. The van der Waals surface area contributed by atoms with E-state index in [4.69, 9.17) is 10.5 Å². The van der Waals surface area contributed by atoms with E-state index >= 15 is 0 Å². The van der Waals surface area contributed by atoms with Crippen LogP contribution in [0.1, 0.15) is 40.5 Å². The third-order valence-electron chi connectivity index (χ3n) is 2.73. The number of para-hydroxylation sites is 2. The van der Waals surface area contributed by atoms with E-state index in [0.29, 0.717) is 36.8 Å². The van der Waals surface area contributed by atoms with Crippen LogP contribution in [0.25, 0.3) is 0 Å². The van der Waals surface area contributed by atoms with E-state index in [1.165, 1.54) is 0 Å². The van der Waals surface area contributed by atoms with Crippen LogP contribution >= 0.6 is 0 Å². The van der Waals surface area contributed by atoms with Gasteiger partial charge in [0.1, 0.15) is 5.75 Å². The molecule has 112 valence electrons. The molecule has 1 rings (SSSR count). The van der Waals surface area contributed by atoms with Crippen molar-refractivity contribution in [1.82, 2.24) is 0 Å². The maximum atomic E-state index is 11.9. The lowest BCUT2D eigenvalue weighted by Gasteiger charge is -2.18. The number of anilines is 1. The second-order valence-electron chi connectivity index (χ2n) is 6.24. The Bertz CT molecular complexity index is 436. The molecule has 3 N–H and O–H groups in total. The summed E-state index contributed by atoms with van der Waals surface area (Å²) in [7, 11) is 0. The van der Waals surface area contributed by atoms with Gasteiger partial charge in [0.25, 0.3) is 0 Å². The molecule has 0 unspecified atom stereocenters. The molecular weight excluding hydrogens is 252 g/mol. The van der Waals surface area contributed by atoms with E-state index in [9.17, 15) is 4.79 Å². The number of nitrogens with two attached hydrogens (primary N) is 1. The average Bonchev–Trinajstić information content (AvgIpc) is 2.34. The first kappa shape index (κ1) is 16.5. The molecule has 0 saturated carbocycles. The van der Waals surface area contributed by atoms with E-state index in [1.54, 1.807) is 0 Å². The van der Waals surface area contributed by atoms with E-state index in [-0.39, 0.29) is 11.4 Å². The van der Waals surface area contributed by atoms with Gasteiger partial charge in [0.2, 0.25) is 5.91 Å². The summed E-state index contributed by atoms with van der Waals surface area (Å²) in [5, 5.41) is 2.89. The molecule has 1 aromatic rings. The molecule has 0 fully saturated rings. The molecular formula is C16H26N2O2. The van der Waals surface area contributed by atoms with Crippen molar-refractivity contribution in [3.05, 3.63) is 24.3 Å². The first-order chi connectivity index (χ1) is 9.28. The minimum Gasteiger partial charge on any atom is -0.491 e. The number of hydrogen-bond donors (Lipinski definition) is 2. The molecule has 20 heavy (non-hydrogen) atoms. The van der Waals surface area contributed by atoms with Crippen LogP contribution in [-0.4, -0.2) is 18.1 Å². The van der Waals surface area contributed by atoms with Crippen LogP contribution in [0.4, 0.5) is 5.69 Å². The van der Waals surface area contributed by atoms with Gasteiger partial charge >= 0.3 is 0 Å². The lowest BCUT2D eigenvalue weighted by atomic mass is 10.00. The predicted molar refractivity (Wildman–Crippen MR) is 82.9 cm³/mol. The Kier molecular flexibility index (Phi) is 6.02. The summed E-state index contributed by atoms with van der Waals surface area (Å²) in [4.78, 5) is 11.9. The van der Waals surface area contributed by atoms with Crippen molar-refractivity contribution in [2.24, 2.45) is 11.7 Å². The fraction of sp³-hybridized carbons (Fsp3) is 0.562. The van der Waals surface area contributed by atoms with Gasteiger partial charge in [-0.15, -0.1) is 0 Å². The molecule has 0 aliphatic carbocycles. The summed E-state index contributed by atoms with van der Waals surface area (Å²) in [5.41, 5.74) is 6.27. The van der Waals surface area contributed by atoms with Gasteiger partial charge in [-0.2, -0.15) is 0 Å². The minimum atomic E-state index is -0.328. The van der Waals surface area contributed by atoms with Crippen LogP contribution in [-0.2, 0) is 4.79 Å². The third-order valence-corrected chi connectivity index (χ3v) is 2.73. The van der Waals surface area contributed by atoms with Crippen LogP contribution in [0, 0.1) is 5.92 Å². The zero-order valence-corrected chi connectivity index (χ0v) is 12.9. The Morgan fingerprint density at radius 2 is 2.00 bits per heavy atom. The molecule has 0 aliphatic heterocycles. The second-order valence-corrected chi connectivity index (χ2v) is 6.24. The molecule has 0 aromatic heterocycles. The first-order valence-corrected chi connectivity index (χ1v) is 7.08. The number of carbonyl (C=O) groups is 1. The van der Waals surface area contributed by atoms with Gasteiger partial charge in [0.05, 0.1) is 12.3 Å². The zero-order valence-electron chi connectivity index (χ0n) is 12.9. The molecule has 4 heteroatoms. The first-order valence-electron chi connectivity index (χ1n) is 7.08. The third kappa shape index (κ3) is 6.57. The summed E-state index contributed by atoms with van der Waals surface area (Å²) < 4.78 is 5.71. The maximum absolute atomic E-state index is 11.9. The van der Waals surface area contributed by atoms with Crippen molar-refractivity contribution < 1.29 is 9.53 Å². The van der Waals surface area contributed by atoms with Gasteiger partial charge in [0.15, 0.2) is 0 Å². The number of benzene rings is 1. The number of hydrogen-bond acceptors (Lipinski definition) is 3. The highest BCUT2D eigenvalue weighted by molar-refractivity contribution is 5.92. The Hall–Kier alpha value is -1.55. The molecule has 0 bridgehead atoms. The van der Waals surface area contributed by atoms with Crippen LogP contribution in [0.3, 0.4) is 0 Å². The standard InChI is InChI=1S/C16H26N2O2/c1-12(2)11-20-14-8-6-5-7-13(14)18-15(19)9-10-16(3,4)17/h5-8,12H,9-11,17H2,1-4H3,(H,18,19). The number of amides is 1. The average molecular weight is 278 g/mol. The Balaban J connectivity index is 2.60. The molecule has 0 atom stereocenters. The summed E-state index contributed by atoms with van der Waals surface area (Å²) >= 11 is 0. The highest BCUT2D eigenvalue weighted by atomic mass is 16.5. The largest absolute Gasteiger partial charge is 0.491 e. The zero-order chi connectivity index (χ0) is 15.2. The van der Waals surface area contributed by atoms with Gasteiger partial charge in [0, 0.05) is 12.0 Å². The van der Waals surface area contributed by atoms with Crippen molar-refractivity contribution in [1.29, 1.82) is 0 Å². The van der Waals surface area contributed by atoms with Crippen LogP contribution < -0.4 is 15.8 Å². The van der Waals surface area contributed by atoms with Crippen molar-refractivity contribution in [2.45, 2.75) is 46.1 Å². The number of carbonyl (C=O) groups excluding carboxylic acids is 1. The minimum absolute atomic E-state index is 0.0379. The Labute approximate surface area is 121 Å². The molecule has 0 radical (unpaired) electrons. The highest BCUT2D eigenvalue weighted by Gasteiger charge is 2.14. The van der Waals surface area contributed by atoms with Gasteiger partial charge in [-0.25, -0.2) is 0 Å². The van der Waals surface area contributed by atoms with Crippen LogP contribution in [0.2, 0.25) is 0 Å². The number of nitrogens with one attached hydrogen (secondary N) is 1. The molecule has 0 aliphatic rings. The van der Waals surface area contributed by atoms with Crippen molar-refractivity contribution >= 4 is 11.6 Å². The molecule has 1 amide bonds. The van der Waals surface area contributed by atoms with Crippen LogP contribution in [0.5, 0.6) is 5.75 Å². The quantitative estimate of drug-likeness (QED) is 0.805. The topological polar surface area (TPSA) is 64.3 Å². The lowest BCUT2D eigenvalue weighted by molar-refractivity contribution is -0.116. The lowest BCUT2D eigenvalue weighted by Crippen LogP contribution is -2.33. The fourth-order valence-corrected chi connectivity index (χ4v) is 1.60. The summed E-state index contributed by atoms with van der Waals surface area (Å²) in [6.45, 7) is 8.64. The molecule has 1 aromatic carbocycles. The Morgan fingerprint density at radius 1 is 1.35 bits per heavy atom. The maximum Gasteiger partial charge on any atom is 0.224 e. The normalized spacial score (nSPS) is 11.5. The SMILES string of the molecule is CC(C)COc1ccccc1NC(=O)CCC(C)(C)N. The summed E-state index contributed by atoms with van der Waals surface area (Å²) in [6, 6.07) is 7.49. The van der Waals surface area contributed by atoms with E-state index < -0.39 is 0 Å². The van der Waals surface area contributed by atoms with Crippen molar-refractivity contribution in [3.8, 4) is 5.75 Å². The highest BCUT2D eigenvalue weighted by Crippen LogP contribution is 2.24. The van der Waals surface area contributed by atoms with E-state index in [0.717, 1.165) is 0 Å². The van der Waals surface area contributed by atoms with Crippen molar-refractivity contribution in [2.75, 3.05) is 11.9 Å². The van der Waals surface area contributed by atoms with Gasteiger partial charge in [-0.05, 0) is 38.3 Å². The van der Waals surface area contributed by atoms with E-state index in [1.807, 2.05) is 38.1 Å². The number of rotatable bonds is 7. The number of ether oxygens (including phenoxy) is 1. The summed E-state index contributed by atoms with van der Waals surface area (Å²) in [6.07, 6.45) is 1.05. The Morgan fingerprint density at radius 3 is 2.60 bits per heavy atom. The van der Waals surface area contributed by atoms with Gasteiger partial charge in [-0.3, -0.25) is 4.79 Å². The monoisotopic (exact) mass is 278 g/mol. The fourth-order valence-electron chi connectivity index (χ4n) is 1.60. The molecule has 0 heterocycles. The smallest absolute Gasteiger partial charge is 0.224 e. The molecule has 4 nitrogen and oxygen atoms in total. The van der Waals surface area contributed by atoms with Crippen LogP contribution in [0.15, 0.2) is 24.3 Å². The predicted octanol–water partition coefficient (Wildman–Crippen LogP) is 3.18. The summed E-state index contributed by atoms with van der Waals surface area (Å²) in [5.74, 6) is 1.11. The van der Waals surface area contributed by atoms with Gasteiger partial charge in [-0.1, -0.05) is 26.0 Å². The molecule has 0 saturated heterocycles. The van der Waals surface area contributed by atoms with Crippen molar-refractivity contribution in [3.63, 3.8) is 0 Å².